The summed E-state index contributed by atoms with van der Waals surface area (Å²) in [5.41, 5.74) is 1.37. The highest BCUT2D eigenvalue weighted by Crippen LogP contribution is 2.20. The van der Waals surface area contributed by atoms with Crippen LogP contribution in [0.15, 0.2) is 18.3 Å². The van der Waals surface area contributed by atoms with Gasteiger partial charge in [0.15, 0.2) is 0 Å². The number of hydrogen-bond acceptors (Lipinski definition) is 5. The monoisotopic (exact) mass is 275 g/mol. The van der Waals surface area contributed by atoms with E-state index in [-0.39, 0.29) is 0 Å². The Labute approximate surface area is 121 Å². The summed E-state index contributed by atoms with van der Waals surface area (Å²) in [6.45, 7) is 9.93. The third-order valence-corrected chi connectivity index (χ3v) is 4.27. The van der Waals surface area contributed by atoms with Gasteiger partial charge in [-0.05, 0) is 13.1 Å². The van der Waals surface area contributed by atoms with Crippen LogP contribution in [0.1, 0.15) is 5.56 Å². The number of nitrogens with one attached hydrogen (secondary N) is 1. The Morgan fingerprint density at radius 3 is 2.60 bits per heavy atom. The third kappa shape index (κ3) is 3.29. The molecule has 0 spiro atoms. The number of likely N-dealkylation sites (N-methyl/N-ethyl adjacent to an activating group) is 1. The Kier molecular flexibility index (Phi) is 4.50. The maximum atomic E-state index is 4.64. The van der Waals surface area contributed by atoms with Crippen molar-refractivity contribution in [1.29, 1.82) is 0 Å². The van der Waals surface area contributed by atoms with Gasteiger partial charge >= 0.3 is 0 Å². The first-order valence-corrected chi connectivity index (χ1v) is 7.63. The molecule has 0 saturated carbocycles. The second-order valence-corrected chi connectivity index (χ2v) is 5.80. The summed E-state index contributed by atoms with van der Waals surface area (Å²) < 4.78 is 0. The van der Waals surface area contributed by atoms with E-state index in [9.17, 15) is 0 Å². The van der Waals surface area contributed by atoms with Gasteiger partial charge in [-0.1, -0.05) is 6.07 Å². The van der Waals surface area contributed by atoms with Crippen molar-refractivity contribution in [2.45, 2.75) is 6.54 Å². The highest BCUT2D eigenvalue weighted by molar-refractivity contribution is 5.47. The molecule has 3 heterocycles. The topological polar surface area (TPSA) is 34.6 Å². The highest BCUT2D eigenvalue weighted by Gasteiger charge is 2.19. The molecule has 2 fully saturated rings. The van der Waals surface area contributed by atoms with Gasteiger partial charge in [0.25, 0.3) is 0 Å². The lowest BCUT2D eigenvalue weighted by Crippen LogP contribution is -2.45. The van der Waals surface area contributed by atoms with Gasteiger partial charge < -0.3 is 15.1 Å². The summed E-state index contributed by atoms with van der Waals surface area (Å²) in [4.78, 5) is 12.0. The van der Waals surface area contributed by atoms with E-state index in [1.54, 1.807) is 0 Å². The van der Waals surface area contributed by atoms with Crippen molar-refractivity contribution in [1.82, 2.24) is 20.1 Å². The molecule has 2 saturated heterocycles. The Morgan fingerprint density at radius 1 is 1.10 bits per heavy atom. The van der Waals surface area contributed by atoms with Crippen molar-refractivity contribution in [3.8, 4) is 0 Å². The van der Waals surface area contributed by atoms with Gasteiger partial charge in [-0.15, -0.1) is 0 Å². The molecular formula is C15H25N5. The molecule has 3 rings (SSSR count). The van der Waals surface area contributed by atoms with E-state index < -0.39 is 0 Å². The lowest BCUT2D eigenvalue weighted by molar-refractivity contribution is 0.148. The fourth-order valence-corrected chi connectivity index (χ4v) is 2.96. The molecule has 1 N–H and O–H groups in total. The van der Waals surface area contributed by atoms with Crippen molar-refractivity contribution >= 4 is 5.82 Å². The van der Waals surface area contributed by atoms with E-state index in [0.717, 1.165) is 45.8 Å². The minimum atomic E-state index is 1.03. The third-order valence-electron chi connectivity index (χ3n) is 4.27. The van der Waals surface area contributed by atoms with Crippen LogP contribution < -0.4 is 10.2 Å². The van der Waals surface area contributed by atoms with E-state index in [4.69, 9.17) is 0 Å². The van der Waals surface area contributed by atoms with Gasteiger partial charge in [0.2, 0.25) is 0 Å². The molecule has 5 heteroatoms. The van der Waals surface area contributed by atoms with Crippen LogP contribution in [0.3, 0.4) is 0 Å². The second kappa shape index (κ2) is 6.52. The lowest BCUT2D eigenvalue weighted by Gasteiger charge is -2.34. The molecule has 2 aliphatic heterocycles. The lowest BCUT2D eigenvalue weighted by atomic mass is 10.2. The van der Waals surface area contributed by atoms with Crippen molar-refractivity contribution in [2.24, 2.45) is 0 Å². The molecular weight excluding hydrogens is 250 g/mol. The molecule has 0 unspecified atom stereocenters. The van der Waals surface area contributed by atoms with Crippen LogP contribution in [0.4, 0.5) is 5.82 Å². The van der Waals surface area contributed by atoms with Gasteiger partial charge in [0, 0.05) is 70.7 Å². The maximum absolute atomic E-state index is 4.64. The molecule has 110 valence electrons. The molecule has 1 aromatic rings. The number of hydrogen-bond donors (Lipinski definition) is 1. The number of rotatable bonds is 3. The van der Waals surface area contributed by atoms with Gasteiger partial charge in [-0.2, -0.15) is 0 Å². The summed E-state index contributed by atoms with van der Waals surface area (Å²) >= 11 is 0. The number of aromatic nitrogens is 1. The Hall–Kier alpha value is -1.17. The Morgan fingerprint density at radius 2 is 1.85 bits per heavy atom. The normalized spacial score (nSPS) is 22.1. The summed E-state index contributed by atoms with van der Waals surface area (Å²) in [6.07, 6.45) is 1.92. The average molecular weight is 275 g/mol. The Bertz CT molecular complexity index is 422. The quantitative estimate of drug-likeness (QED) is 0.855. The number of anilines is 1. The predicted octanol–water partition coefficient (Wildman–Crippen LogP) is 0.239. The van der Waals surface area contributed by atoms with Crippen LogP contribution in [0, 0.1) is 0 Å². The molecule has 0 amide bonds. The summed E-state index contributed by atoms with van der Waals surface area (Å²) in [6, 6.07) is 4.31. The molecule has 0 atom stereocenters. The van der Waals surface area contributed by atoms with Crippen molar-refractivity contribution in [3.63, 3.8) is 0 Å². The second-order valence-electron chi connectivity index (χ2n) is 5.80. The first kappa shape index (κ1) is 13.8. The number of nitrogens with zero attached hydrogens (tertiary/aromatic N) is 4. The van der Waals surface area contributed by atoms with E-state index in [1.165, 1.54) is 24.5 Å². The van der Waals surface area contributed by atoms with Crippen LogP contribution >= 0.6 is 0 Å². The molecule has 0 bridgehead atoms. The molecule has 2 aliphatic rings. The largest absolute Gasteiger partial charge is 0.354 e. The maximum Gasteiger partial charge on any atom is 0.133 e. The molecule has 5 nitrogen and oxygen atoms in total. The van der Waals surface area contributed by atoms with Crippen molar-refractivity contribution in [2.75, 3.05) is 64.3 Å². The van der Waals surface area contributed by atoms with Gasteiger partial charge in [-0.3, -0.25) is 4.90 Å². The summed E-state index contributed by atoms with van der Waals surface area (Å²) in [7, 11) is 2.20. The number of piperazine rings is 2. The van der Waals surface area contributed by atoms with Crippen LogP contribution in [0.5, 0.6) is 0 Å². The van der Waals surface area contributed by atoms with Crippen molar-refractivity contribution < 1.29 is 0 Å². The zero-order chi connectivity index (χ0) is 13.8. The van der Waals surface area contributed by atoms with Crippen LogP contribution in [0.2, 0.25) is 0 Å². The molecule has 0 aromatic carbocycles. The van der Waals surface area contributed by atoms with Crippen LogP contribution in [-0.4, -0.2) is 74.2 Å². The molecule has 0 radical (unpaired) electrons. The van der Waals surface area contributed by atoms with E-state index in [1.807, 2.05) is 6.20 Å². The Balaban J connectivity index is 1.69. The summed E-state index contributed by atoms with van der Waals surface area (Å²) in [5.74, 6) is 1.19. The predicted molar refractivity (Wildman–Crippen MR) is 82.1 cm³/mol. The standard InChI is InChI=1S/C15H25N5/c1-18-9-11-19(12-10-18)13-14-3-2-4-17-15(14)20-7-5-16-6-8-20/h2-4,16H,5-13H2,1H3. The molecule has 20 heavy (non-hydrogen) atoms. The average Bonchev–Trinajstić information content (AvgIpc) is 2.51. The SMILES string of the molecule is CN1CCN(Cc2cccnc2N2CCNCC2)CC1. The minimum Gasteiger partial charge on any atom is -0.354 e. The zero-order valence-corrected chi connectivity index (χ0v) is 12.4. The highest BCUT2D eigenvalue weighted by atomic mass is 15.3. The van der Waals surface area contributed by atoms with E-state index in [0.29, 0.717) is 0 Å². The zero-order valence-electron chi connectivity index (χ0n) is 12.4. The summed E-state index contributed by atoms with van der Waals surface area (Å²) in [5, 5.41) is 3.40. The van der Waals surface area contributed by atoms with E-state index in [2.05, 4.69) is 44.2 Å². The number of pyridine rings is 1. The van der Waals surface area contributed by atoms with Gasteiger partial charge in [-0.25, -0.2) is 4.98 Å². The van der Waals surface area contributed by atoms with Crippen LogP contribution in [-0.2, 0) is 6.54 Å². The first-order valence-electron chi connectivity index (χ1n) is 7.63. The first-order chi connectivity index (χ1) is 9.83. The fourth-order valence-electron chi connectivity index (χ4n) is 2.96. The minimum absolute atomic E-state index is 1.03. The molecule has 0 aliphatic carbocycles. The van der Waals surface area contributed by atoms with Crippen LogP contribution in [0.25, 0.3) is 0 Å². The van der Waals surface area contributed by atoms with Gasteiger partial charge in [0.05, 0.1) is 0 Å². The van der Waals surface area contributed by atoms with Gasteiger partial charge in [0.1, 0.15) is 5.82 Å². The molecule has 1 aromatic heterocycles. The smallest absolute Gasteiger partial charge is 0.133 e. The fraction of sp³-hybridized carbons (Fsp3) is 0.667. The van der Waals surface area contributed by atoms with E-state index >= 15 is 0 Å². The van der Waals surface area contributed by atoms with Crippen molar-refractivity contribution in [3.05, 3.63) is 23.9 Å².